The number of hydrogen-bond donors (Lipinski definition) is 2. The Morgan fingerprint density at radius 2 is 1.32 bits per heavy atom. The van der Waals surface area contributed by atoms with Gasteiger partial charge in [0, 0.05) is 19.7 Å². The van der Waals surface area contributed by atoms with Gasteiger partial charge in [0.1, 0.15) is 11.9 Å². The molecule has 9 heteroatoms. The van der Waals surface area contributed by atoms with Gasteiger partial charge in [-0.05, 0) is 27.4 Å². The lowest BCUT2D eigenvalue weighted by Crippen LogP contribution is -2.35. The lowest BCUT2D eigenvalue weighted by Gasteiger charge is -2.21. The Labute approximate surface area is 228 Å². The Kier molecular flexibility index (Phi) is 25.7. The Balaban J connectivity index is 3.79. The molecular formula is C28H59N2O6P. The summed E-state index contributed by atoms with van der Waals surface area (Å²) in [5, 5.41) is 2.94. The fourth-order valence-electron chi connectivity index (χ4n) is 4.06. The number of nitrogens with one attached hydrogen (secondary N) is 1. The van der Waals surface area contributed by atoms with Crippen molar-refractivity contribution in [3.8, 4) is 0 Å². The van der Waals surface area contributed by atoms with Crippen molar-refractivity contribution in [2.24, 2.45) is 0 Å². The van der Waals surface area contributed by atoms with E-state index >= 15 is 0 Å². The molecule has 37 heavy (non-hydrogen) atoms. The third-order valence-corrected chi connectivity index (χ3v) is 7.34. The number of ketones is 1. The van der Waals surface area contributed by atoms with Crippen molar-refractivity contribution >= 4 is 13.6 Å². The molecule has 0 fully saturated rings. The first-order chi connectivity index (χ1) is 17.8. The van der Waals surface area contributed by atoms with Crippen LogP contribution in [0.4, 0.5) is 0 Å². The molecule has 0 spiro atoms. The van der Waals surface area contributed by atoms with Gasteiger partial charge in [0.25, 0.3) is 0 Å². The van der Waals surface area contributed by atoms with Gasteiger partial charge in [-0.15, -0.1) is 0 Å². The molecule has 0 aliphatic carbocycles. The summed E-state index contributed by atoms with van der Waals surface area (Å²) in [7, 11) is -0.485. The molecule has 2 atom stereocenters. The summed E-state index contributed by atoms with van der Waals surface area (Å²) in [5.41, 5.74) is 0. The van der Waals surface area contributed by atoms with E-state index in [2.05, 4.69) is 12.2 Å². The molecule has 0 bridgehead atoms. The van der Waals surface area contributed by atoms with Gasteiger partial charge in [-0.1, -0.05) is 103 Å². The van der Waals surface area contributed by atoms with Crippen LogP contribution in [0.3, 0.4) is 0 Å². The predicted octanol–water partition coefficient (Wildman–Crippen LogP) is 6.51. The second-order valence-corrected chi connectivity index (χ2v) is 11.9. The smallest absolute Gasteiger partial charge is 0.379 e. The zero-order valence-electron chi connectivity index (χ0n) is 24.5. The number of likely N-dealkylation sites (N-methyl/N-ethyl adjacent to an activating group) is 1. The highest BCUT2D eigenvalue weighted by atomic mass is 31.2. The minimum atomic E-state index is -4.19. The third-order valence-electron chi connectivity index (χ3n) is 6.27. The monoisotopic (exact) mass is 550 g/mol. The van der Waals surface area contributed by atoms with Crippen molar-refractivity contribution in [2.75, 3.05) is 53.6 Å². The van der Waals surface area contributed by atoms with E-state index in [0.29, 0.717) is 13.2 Å². The molecule has 0 aliphatic heterocycles. The van der Waals surface area contributed by atoms with Crippen molar-refractivity contribution in [1.29, 1.82) is 0 Å². The second kappa shape index (κ2) is 25.9. The largest absolute Gasteiger partial charge is 0.472 e. The topological polar surface area (TPSA) is 97.3 Å². The zero-order chi connectivity index (χ0) is 27.6. The van der Waals surface area contributed by atoms with Crippen LogP contribution in [0.25, 0.3) is 0 Å². The lowest BCUT2D eigenvalue weighted by atomic mass is 10.0. The summed E-state index contributed by atoms with van der Waals surface area (Å²) < 4.78 is 28.3. The number of nitrogens with zero attached hydrogens (tertiary/aromatic N) is 1. The first-order valence-electron chi connectivity index (χ1n) is 14.8. The van der Waals surface area contributed by atoms with Gasteiger partial charge in [0.15, 0.2) is 0 Å². The minimum Gasteiger partial charge on any atom is -0.379 e. The highest BCUT2D eigenvalue weighted by Crippen LogP contribution is 2.44. The number of carbonyl (C=O) groups excluding carboxylic acids is 1. The van der Waals surface area contributed by atoms with E-state index in [1.54, 1.807) is 0 Å². The minimum absolute atomic E-state index is 0.0118. The van der Waals surface area contributed by atoms with E-state index in [0.717, 1.165) is 12.8 Å². The molecular weight excluding hydrogens is 491 g/mol. The molecule has 0 amide bonds. The molecule has 0 aliphatic rings. The van der Waals surface area contributed by atoms with Gasteiger partial charge in [-0.25, -0.2) is 4.57 Å². The van der Waals surface area contributed by atoms with Gasteiger partial charge in [0.05, 0.1) is 19.8 Å². The molecule has 0 heterocycles. The third kappa shape index (κ3) is 28.5. The van der Waals surface area contributed by atoms with Crippen LogP contribution in [0.1, 0.15) is 117 Å². The van der Waals surface area contributed by atoms with Crippen molar-refractivity contribution in [3.05, 3.63) is 0 Å². The van der Waals surface area contributed by atoms with Gasteiger partial charge in [-0.2, -0.15) is 0 Å². The lowest BCUT2D eigenvalue weighted by molar-refractivity contribution is -0.116. The molecule has 0 rings (SSSR count). The van der Waals surface area contributed by atoms with Crippen LogP contribution in [0.2, 0.25) is 0 Å². The average Bonchev–Trinajstić information content (AvgIpc) is 2.82. The maximum atomic E-state index is 12.2. The van der Waals surface area contributed by atoms with Crippen molar-refractivity contribution in [2.45, 2.75) is 123 Å². The number of hydrogen-bond acceptors (Lipinski definition) is 7. The van der Waals surface area contributed by atoms with E-state index in [1.807, 2.05) is 19.0 Å². The van der Waals surface area contributed by atoms with Crippen LogP contribution in [0.15, 0.2) is 0 Å². The number of phosphoric ester groups is 1. The molecule has 2 N–H and O–H groups in total. The Bertz CT molecular complexity index is 565. The molecule has 0 aromatic rings. The molecule has 0 aromatic heterocycles. The molecule has 0 saturated carbocycles. The van der Waals surface area contributed by atoms with E-state index in [9.17, 15) is 14.3 Å². The zero-order valence-corrected chi connectivity index (χ0v) is 25.4. The van der Waals surface area contributed by atoms with Gasteiger partial charge >= 0.3 is 7.82 Å². The molecule has 8 nitrogen and oxygen atoms in total. The van der Waals surface area contributed by atoms with E-state index in [-0.39, 0.29) is 32.1 Å². The Hall–Kier alpha value is -0.340. The summed E-state index contributed by atoms with van der Waals surface area (Å²) in [6, 6.07) is 0. The van der Waals surface area contributed by atoms with Crippen LogP contribution in [-0.2, 0) is 23.1 Å². The number of Topliss-reactive ketones (excluding diaryl/α,β-unsaturated/α-hetero) is 1. The van der Waals surface area contributed by atoms with Crippen LogP contribution >= 0.6 is 7.82 Å². The Morgan fingerprint density at radius 3 is 1.78 bits per heavy atom. The van der Waals surface area contributed by atoms with Crippen LogP contribution in [-0.4, -0.2) is 75.2 Å². The van der Waals surface area contributed by atoms with E-state index in [4.69, 9.17) is 13.8 Å². The second-order valence-electron chi connectivity index (χ2n) is 10.5. The number of carbonyl (C=O) groups is 1. The van der Waals surface area contributed by atoms with Crippen LogP contribution in [0, 0.1) is 0 Å². The maximum absolute atomic E-state index is 12.2. The fraction of sp³-hybridized carbons (Fsp3) is 0.964. The quantitative estimate of drug-likeness (QED) is 0.0804. The predicted molar refractivity (Wildman–Crippen MR) is 153 cm³/mol. The molecule has 0 aromatic carbocycles. The average molecular weight is 551 g/mol. The SMILES string of the molecule is CCCCCCCCCCCCCCCCCCOCC(CNCC(C)=O)OP(=O)(O)OCCN(C)C. The maximum Gasteiger partial charge on any atom is 0.472 e. The first kappa shape index (κ1) is 36.7. The summed E-state index contributed by atoms with van der Waals surface area (Å²) in [6.45, 7) is 5.53. The number of ether oxygens (including phenoxy) is 1. The van der Waals surface area contributed by atoms with Crippen LogP contribution < -0.4 is 5.32 Å². The summed E-state index contributed by atoms with van der Waals surface area (Å²) in [6.07, 6.45) is 20.5. The van der Waals surface area contributed by atoms with Gasteiger partial charge < -0.3 is 19.8 Å². The number of rotatable bonds is 29. The van der Waals surface area contributed by atoms with Crippen LogP contribution in [0.5, 0.6) is 0 Å². The highest BCUT2D eigenvalue weighted by Gasteiger charge is 2.26. The standard InChI is InChI=1S/C28H59N2O6P/c1-5-6-7-8-9-10-11-12-13-14-15-16-17-18-19-20-22-34-26-28(25-29-24-27(2)31)36-37(32,33)35-23-21-30(3)4/h28-29H,5-26H2,1-4H3,(H,32,33). The molecule has 0 saturated heterocycles. The molecule has 222 valence electrons. The highest BCUT2D eigenvalue weighted by molar-refractivity contribution is 7.47. The van der Waals surface area contributed by atoms with Crippen molar-refractivity contribution in [3.63, 3.8) is 0 Å². The number of phosphoric acid groups is 1. The Morgan fingerprint density at radius 1 is 0.838 bits per heavy atom. The summed E-state index contributed by atoms with van der Waals surface area (Å²) in [5.74, 6) is -0.0118. The van der Waals surface area contributed by atoms with Crippen molar-refractivity contribution in [1.82, 2.24) is 10.2 Å². The van der Waals surface area contributed by atoms with E-state index in [1.165, 1.54) is 96.8 Å². The summed E-state index contributed by atoms with van der Waals surface area (Å²) >= 11 is 0. The molecule has 0 radical (unpaired) electrons. The first-order valence-corrected chi connectivity index (χ1v) is 16.3. The van der Waals surface area contributed by atoms with Gasteiger partial charge in [-0.3, -0.25) is 13.8 Å². The van der Waals surface area contributed by atoms with Gasteiger partial charge in [0.2, 0.25) is 0 Å². The summed E-state index contributed by atoms with van der Waals surface area (Å²) in [4.78, 5) is 23.0. The normalized spacial score (nSPS) is 14.2. The molecule has 2 unspecified atom stereocenters. The fourth-order valence-corrected chi connectivity index (χ4v) is 4.95. The number of unbranched alkanes of at least 4 members (excludes halogenated alkanes) is 15. The van der Waals surface area contributed by atoms with E-state index < -0.39 is 13.9 Å². The van der Waals surface area contributed by atoms with Crippen molar-refractivity contribution < 1.29 is 28.0 Å².